The van der Waals surface area contributed by atoms with Crippen LogP contribution in [0, 0.1) is 23.2 Å². The summed E-state index contributed by atoms with van der Waals surface area (Å²) in [5.41, 5.74) is 2.01. The summed E-state index contributed by atoms with van der Waals surface area (Å²) in [5, 5.41) is 16.6. The molecule has 2 saturated carbocycles. The highest BCUT2D eigenvalue weighted by Gasteiger charge is 2.31. The fourth-order valence-electron chi connectivity index (χ4n) is 4.20. The average molecular weight is 454 g/mol. The van der Waals surface area contributed by atoms with Crippen molar-refractivity contribution in [1.29, 1.82) is 5.26 Å². The summed E-state index contributed by atoms with van der Waals surface area (Å²) in [7, 11) is 1.80. The maximum atomic E-state index is 12.2. The van der Waals surface area contributed by atoms with E-state index >= 15 is 0 Å². The van der Waals surface area contributed by atoms with Gasteiger partial charge in [0.15, 0.2) is 5.58 Å². The second-order valence-corrected chi connectivity index (χ2v) is 8.83. The Hall–Kier alpha value is -4.19. The quantitative estimate of drug-likeness (QED) is 0.436. The van der Waals surface area contributed by atoms with Crippen molar-refractivity contribution in [2.45, 2.75) is 31.8 Å². The highest BCUT2D eigenvalue weighted by molar-refractivity contribution is 6.03. The minimum Gasteiger partial charge on any atom is -0.490 e. The van der Waals surface area contributed by atoms with E-state index in [9.17, 15) is 4.79 Å². The maximum Gasteiger partial charge on any atom is 0.229 e. The van der Waals surface area contributed by atoms with Crippen molar-refractivity contribution in [2.75, 3.05) is 17.7 Å². The summed E-state index contributed by atoms with van der Waals surface area (Å²) < 4.78 is 12.0. The molecule has 1 aromatic carbocycles. The fraction of sp³-hybridized carbons (Fsp3) is 0.320. The van der Waals surface area contributed by atoms with E-state index in [4.69, 9.17) is 19.4 Å². The van der Waals surface area contributed by atoms with Crippen LogP contribution in [0.15, 0.2) is 41.1 Å². The number of oxazole rings is 1. The molecule has 3 heterocycles. The number of carbonyl (C=O) groups is 1. The molecular weight excluding hydrogens is 432 g/mol. The van der Waals surface area contributed by atoms with Gasteiger partial charge < -0.3 is 19.8 Å². The third-order valence-corrected chi connectivity index (χ3v) is 6.38. The predicted octanol–water partition coefficient (Wildman–Crippen LogP) is 4.51. The number of anilines is 2. The van der Waals surface area contributed by atoms with Crippen LogP contribution in [0.4, 0.5) is 11.6 Å². The Morgan fingerprint density at radius 1 is 1.18 bits per heavy atom. The van der Waals surface area contributed by atoms with E-state index in [1.807, 2.05) is 24.3 Å². The largest absolute Gasteiger partial charge is 0.490 e. The van der Waals surface area contributed by atoms with Gasteiger partial charge in [-0.15, -0.1) is 0 Å². The summed E-state index contributed by atoms with van der Waals surface area (Å²) in [5.74, 6) is 2.46. The van der Waals surface area contributed by atoms with Crippen LogP contribution in [0.5, 0.6) is 5.75 Å². The van der Waals surface area contributed by atoms with Gasteiger partial charge >= 0.3 is 0 Å². The van der Waals surface area contributed by atoms with Gasteiger partial charge in [-0.1, -0.05) is 0 Å². The fourth-order valence-corrected chi connectivity index (χ4v) is 4.20. The van der Waals surface area contributed by atoms with Crippen LogP contribution in [0.25, 0.3) is 33.3 Å². The van der Waals surface area contributed by atoms with Crippen molar-refractivity contribution >= 4 is 39.4 Å². The number of amides is 1. The molecule has 2 N–H and O–H groups in total. The standard InChI is InChI=1S/C25H22N6O3/c1-27-23-18-11-28-22(31-24(32)14-2-3-14)9-17(18)19(12-29-23)25-30-20-8-15(4-5-21(20)34-25)33-16-6-13(7-16)10-26/h4-5,8-9,11-14,16H,2-3,6-7H2,1H3,(H,27,29)(H,28,31,32). The Morgan fingerprint density at radius 2 is 2.03 bits per heavy atom. The average Bonchev–Trinajstić information content (AvgIpc) is 3.59. The smallest absolute Gasteiger partial charge is 0.229 e. The molecule has 0 radical (unpaired) electrons. The number of pyridine rings is 2. The molecule has 0 saturated heterocycles. The molecule has 0 unspecified atom stereocenters. The molecule has 6 rings (SSSR count). The van der Waals surface area contributed by atoms with Gasteiger partial charge in [0, 0.05) is 55.0 Å². The number of nitriles is 1. The lowest BCUT2D eigenvalue weighted by Crippen LogP contribution is -2.32. The third kappa shape index (κ3) is 3.67. The summed E-state index contributed by atoms with van der Waals surface area (Å²) in [6.07, 6.45) is 6.82. The highest BCUT2D eigenvalue weighted by Crippen LogP contribution is 2.36. The molecule has 0 atom stereocenters. The van der Waals surface area contributed by atoms with E-state index in [0.29, 0.717) is 39.9 Å². The molecule has 9 heteroatoms. The zero-order valence-electron chi connectivity index (χ0n) is 18.5. The predicted molar refractivity (Wildman–Crippen MR) is 126 cm³/mol. The van der Waals surface area contributed by atoms with E-state index in [1.165, 1.54) is 0 Å². The number of nitrogens with one attached hydrogen (secondary N) is 2. The van der Waals surface area contributed by atoms with Crippen molar-refractivity contribution in [3.8, 4) is 23.3 Å². The highest BCUT2D eigenvalue weighted by atomic mass is 16.5. The number of aromatic nitrogens is 3. The molecule has 2 fully saturated rings. The molecule has 0 aliphatic heterocycles. The molecule has 3 aromatic heterocycles. The lowest BCUT2D eigenvalue weighted by atomic mass is 9.83. The zero-order chi connectivity index (χ0) is 23.2. The van der Waals surface area contributed by atoms with Gasteiger partial charge in [0.05, 0.1) is 17.6 Å². The van der Waals surface area contributed by atoms with Crippen molar-refractivity contribution in [3.63, 3.8) is 0 Å². The number of hydrogen-bond donors (Lipinski definition) is 2. The Kier molecular flexibility index (Phi) is 4.80. The van der Waals surface area contributed by atoms with E-state index in [1.54, 1.807) is 19.4 Å². The van der Waals surface area contributed by atoms with Crippen LogP contribution in [0.1, 0.15) is 25.7 Å². The normalized spacial score (nSPS) is 19.4. The minimum absolute atomic E-state index is 0.00163. The summed E-state index contributed by atoms with van der Waals surface area (Å²) >= 11 is 0. The van der Waals surface area contributed by atoms with Crippen molar-refractivity contribution in [3.05, 3.63) is 36.7 Å². The van der Waals surface area contributed by atoms with Gasteiger partial charge in [-0.25, -0.2) is 15.0 Å². The SMILES string of the molecule is CNc1ncc(-c2nc3cc(OC4CC(C#N)C4)ccc3o2)c2cc(NC(=O)C3CC3)ncc12. The molecule has 9 nitrogen and oxygen atoms in total. The molecule has 170 valence electrons. The van der Waals surface area contributed by atoms with Gasteiger partial charge in [0.1, 0.15) is 29.0 Å². The lowest BCUT2D eigenvalue weighted by Gasteiger charge is -2.30. The van der Waals surface area contributed by atoms with E-state index in [-0.39, 0.29) is 23.8 Å². The number of benzene rings is 1. The molecule has 0 spiro atoms. The molecular formula is C25H22N6O3. The first kappa shape index (κ1) is 20.4. The molecule has 0 bridgehead atoms. The number of hydrogen-bond acceptors (Lipinski definition) is 8. The van der Waals surface area contributed by atoms with E-state index < -0.39 is 0 Å². The monoisotopic (exact) mass is 454 g/mol. The van der Waals surface area contributed by atoms with Gasteiger partial charge in [0.2, 0.25) is 11.8 Å². The van der Waals surface area contributed by atoms with Gasteiger partial charge in [-0.2, -0.15) is 5.26 Å². The molecule has 1 amide bonds. The van der Waals surface area contributed by atoms with Gasteiger partial charge in [-0.05, 0) is 31.0 Å². The molecule has 2 aliphatic rings. The van der Waals surface area contributed by atoms with Crippen molar-refractivity contribution in [1.82, 2.24) is 15.0 Å². The Morgan fingerprint density at radius 3 is 2.79 bits per heavy atom. The van der Waals surface area contributed by atoms with Gasteiger partial charge in [0.25, 0.3) is 0 Å². The lowest BCUT2D eigenvalue weighted by molar-refractivity contribution is -0.117. The van der Waals surface area contributed by atoms with Crippen LogP contribution in [0.2, 0.25) is 0 Å². The molecule has 34 heavy (non-hydrogen) atoms. The summed E-state index contributed by atoms with van der Waals surface area (Å²) in [4.78, 5) is 25.8. The Bertz CT molecular complexity index is 1460. The first-order valence-electron chi connectivity index (χ1n) is 11.4. The summed E-state index contributed by atoms with van der Waals surface area (Å²) in [6, 6.07) is 9.64. The number of nitrogens with zero attached hydrogens (tertiary/aromatic N) is 4. The molecule has 4 aromatic rings. The Labute approximate surface area is 195 Å². The second kappa shape index (κ2) is 7.99. The van der Waals surface area contributed by atoms with Crippen LogP contribution in [-0.4, -0.2) is 34.0 Å². The topological polar surface area (TPSA) is 126 Å². The van der Waals surface area contributed by atoms with Crippen LogP contribution >= 0.6 is 0 Å². The van der Waals surface area contributed by atoms with E-state index in [2.05, 4.69) is 26.7 Å². The number of rotatable bonds is 6. The number of fused-ring (bicyclic) bond motifs is 2. The second-order valence-electron chi connectivity index (χ2n) is 8.83. The molecule has 2 aliphatic carbocycles. The van der Waals surface area contributed by atoms with Crippen LogP contribution in [-0.2, 0) is 4.79 Å². The minimum atomic E-state index is -0.00163. The number of ether oxygens (including phenoxy) is 1. The Balaban J connectivity index is 1.35. The first-order chi connectivity index (χ1) is 16.6. The van der Waals surface area contributed by atoms with Crippen molar-refractivity contribution in [2.24, 2.45) is 11.8 Å². The van der Waals surface area contributed by atoms with Crippen LogP contribution in [0.3, 0.4) is 0 Å². The van der Waals surface area contributed by atoms with Crippen LogP contribution < -0.4 is 15.4 Å². The van der Waals surface area contributed by atoms with Crippen molar-refractivity contribution < 1.29 is 13.9 Å². The first-order valence-corrected chi connectivity index (χ1v) is 11.4. The number of carbonyl (C=O) groups excluding carboxylic acids is 1. The maximum absolute atomic E-state index is 12.2. The summed E-state index contributed by atoms with van der Waals surface area (Å²) in [6.45, 7) is 0. The zero-order valence-corrected chi connectivity index (χ0v) is 18.5. The van der Waals surface area contributed by atoms with E-state index in [0.717, 1.165) is 36.5 Å². The van der Waals surface area contributed by atoms with Gasteiger partial charge in [-0.3, -0.25) is 4.79 Å². The third-order valence-electron chi connectivity index (χ3n) is 6.38.